The summed E-state index contributed by atoms with van der Waals surface area (Å²) in [5, 5.41) is 4.70. The van der Waals surface area contributed by atoms with Crippen molar-refractivity contribution >= 4 is 11.6 Å². The van der Waals surface area contributed by atoms with E-state index in [0.717, 1.165) is 5.69 Å². The Kier molecular flexibility index (Phi) is 4.58. The molecule has 2 unspecified atom stereocenters. The third-order valence-electron chi connectivity index (χ3n) is 2.78. The minimum absolute atomic E-state index is 0.0526. The molecule has 2 atom stereocenters. The summed E-state index contributed by atoms with van der Waals surface area (Å²) in [5.74, 6) is 0. The lowest BCUT2D eigenvalue weighted by molar-refractivity contribution is -0.0297. The van der Waals surface area contributed by atoms with Crippen molar-refractivity contribution in [3.05, 3.63) is 16.9 Å². The highest BCUT2D eigenvalue weighted by Crippen LogP contribution is 2.33. The smallest absolute Gasteiger partial charge is 0.0834 e. The number of nitrogens with zero attached hydrogens (tertiary/aromatic N) is 2. The summed E-state index contributed by atoms with van der Waals surface area (Å²) >= 11 is 6.12. The Bertz CT molecular complexity index is 351. The number of hydrogen-bond donors (Lipinski definition) is 1. The zero-order chi connectivity index (χ0) is 13.2. The van der Waals surface area contributed by atoms with Crippen LogP contribution in [0.1, 0.15) is 39.4 Å². The van der Waals surface area contributed by atoms with Gasteiger partial charge < -0.3 is 10.5 Å². The monoisotopic (exact) mass is 259 g/mol. The highest BCUT2D eigenvalue weighted by molar-refractivity contribution is 6.31. The molecule has 0 aliphatic heterocycles. The van der Waals surface area contributed by atoms with Crippen molar-refractivity contribution in [2.45, 2.75) is 39.8 Å². The molecule has 0 bridgehead atoms. The van der Waals surface area contributed by atoms with Crippen LogP contribution in [0.2, 0.25) is 5.02 Å². The summed E-state index contributed by atoms with van der Waals surface area (Å²) in [4.78, 5) is 0. The van der Waals surface area contributed by atoms with Crippen LogP contribution in [0, 0.1) is 5.41 Å². The molecular weight excluding hydrogens is 238 g/mol. The van der Waals surface area contributed by atoms with Crippen LogP contribution >= 0.6 is 11.6 Å². The highest BCUT2D eigenvalue weighted by atomic mass is 35.5. The van der Waals surface area contributed by atoms with Crippen LogP contribution in [0.15, 0.2) is 6.20 Å². The van der Waals surface area contributed by atoms with Gasteiger partial charge in [0, 0.05) is 13.7 Å². The van der Waals surface area contributed by atoms with Gasteiger partial charge in [-0.3, -0.25) is 4.68 Å². The summed E-state index contributed by atoms with van der Waals surface area (Å²) in [6, 6.07) is -0.282. The third kappa shape index (κ3) is 3.21. The summed E-state index contributed by atoms with van der Waals surface area (Å²) in [6.45, 7) is 8.92. The lowest BCUT2D eigenvalue weighted by atomic mass is 9.83. The molecule has 0 fully saturated rings. The molecule has 0 saturated heterocycles. The van der Waals surface area contributed by atoms with Crippen molar-refractivity contribution in [2.24, 2.45) is 18.2 Å². The van der Waals surface area contributed by atoms with Gasteiger partial charge >= 0.3 is 0 Å². The van der Waals surface area contributed by atoms with Crippen LogP contribution in [0.5, 0.6) is 0 Å². The maximum absolute atomic E-state index is 6.29. The van der Waals surface area contributed by atoms with Gasteiger partial charge in [-0.15, -0.1) is 0 Å². The fraction of sp³-hybridized carbons (Fsp3) is 0.750. The average Bonchev–Trinajstić information content (AvgIpc) is 2.52. The number of aryl methyl sites for hydroxylation is 1. The molecule has 4 nitrogen and oxygen atoms in total. The maximum atomic E-state index is 6.29. The van der Waals surface area contributed by atoms with E-state index in [4.69, 9.17) is 22.1 Å². The quantitative estimate of drug-likeness (QED) is 0.904. The second-order valence-corrected chi connectivity index (χ2v) is 5.68. The molecule has 1 rings (SSSR count). The molecule has 5 heteroatoms. The number of rotatable bonds is 4. The number of nitrogens with two attached hydrogens (primary N) is 1. The van der Waals surface area contributed by atoms with E-state index in [2.05, 4.69) is 25.9 Å². The zero-order valence-electron chi connectivity index (χ0n) is 11.2. The molecule has 98 valence electrons. The van der Waals surface area contributed by atoms with Crippen LogP contribution in [0.25, 0.3) is 0 Å². The van der Waals surface area contributed by atoms with Crippen LogP contribution in [-0.2, 0) is 11.8 Å². The molecule has 0 aliphatic carbocycles. The van der Waals surface area contributed by atoms with Gasteiger partial charge in [0.2, 0.25) is 0 Å². The molecule has 0 aliphatic rings. The van der Waals surface area contributed by atoms with Gasteiger partial charge in [-0.05, 0) is 12.3 Å². The first kappa shape index (κ1) is 14.5. The first-order valence-corrected chi connectivity index (χ1v) is 6.21. The molecule has 0 radical (unpaired) electrons. The van der Waals surface area contributed by atoms with Gasteiger partial charge in [0.25, 0.3) is 0 Å². The molecule has 17 heavy (non-hydrogen) atoms. The van der Waals surface area contributed by atoms with E-state index in [9.17, 15) is 0 Å². The van der Waals surface area contributed by atoms with Gasteiger partial charge in [-0.2, -0.15) is 5.10 Å². The fourth-order valence-corrected chi connectivity index (χ4v) is 2.30. The van der Waals surface area contributed by atoms with E-state index >= 15 is 0 Å². The van der Waals surface area contributed by atoms with Gasteiger partial charge in [0.1, 0.15) is 0 Å². The summed E-state index contributed by atoms with van der Waals surface area (Å²) < 4.78 is 7.49. The van der Waals surface area contributed by atoms with Crippen molar-refractivity contribution in [1.82, 2.24) is 9.78 Å². The van der Waals surface area contributed by atoms with Crippen LogP contribution < -0.4 is 5.73 Å². The van der Waals surface area contributed by atoms with Crippen LogP contribution in [0.4, 0.5) is 0 Å². The first-order chi connectivity index (χ1) is 7.79. The molecule has 1 heterocycles. The fourth-order valence-electron chi connectivity index (χ4n) is 2.01. The maximum Gasteiger partial charge on any atom is 0.0834 e. The topological polar surface area (TPSA) is 53.1 Å². The number of hydrogen-bond acceptors (Lipinski definition) is 3. The van der Waals surface area contributed by atoms with Crippen LogP contribution in [0.3, 0.4) is 0 Å². The Morgan fingerprint density at radius 3 is 2.47 bits per heavy atom. The van der Waals surface area contributed by atoms with Crippen LogP contribution in [-0.4, -0.2) is 22.5 Å². The third-order valence-corrected chi connectivity index (χ3v) is 3.07. The second-order valence-electron chi connectivity index (χ2n) is 5.27. The standard InChI is InChI=1S/C12H22ClN3O/c1-6-17-11(12(2,3)4)9(14)10-8(13)7-15-16(10)5/h7,9,11H,6,14H2,1-5H3. The summed E-state index contributed by atoms with van der Waals surface area (Å²) in [5.41, 5.74) is 7.05. The number of halogens is 1. The Hall–Kier alpha value is -0.580. The van der Waals surface area contributed by atoms with Gasteiger partial charge in [0.15, 0.2) is 0 Å². The van der Waals surface area contributed by atoms with E-state index < -0.39 is 0 Å². The predicted molar refractivity (Wildman–Crippen MR) is 70.0 cm³/mol. The zero-order valence-corrected chi connectivity index (χ0v) is 12.0. The first-order valence-electron chi connectivity index (χ1n) is 5.83. The molecule has 0 amide bonds. The SMILES string of the molecule is CCOC(C(N)c1c(Cl)cnn1C)C(C)(C)C. The van der Waals surface area contributed by atoms with Gasteiger partial charge in [-0.1, -0.05) is 32.4 Å². The van der Waals surface area contributed by atoms with Crippen molar-refractivity contribution in [1.29, 1.82) is 0 Å². The molecule has 0 spiro atoms. The minimum atomic E-state index is -0.282. The number of ether oxygens (including phenoxy) is 1. The Morgan fingerprint density at radius 2 is 2.12 bits per heavy atom. The van der Waals surface area contributed by atoms with E-state index in [1.807, 2.05) is 14.0 Å². The molecule has 0 saturated carbocycles. The summed E-state index contributed by atoms with van der Waals surface area (Å²) in [6.07, 6.45) is 1.52. The largest absolute Gasteiger partial charge is 0.376 e. The van der Waals surface area contributed by atoms with Gasteiger partial charge in [0.05, 0.1) is 29.1 Å². The van der Waals surface area contributed by atoms with Crippen molar-refractivity contribution < 1.29 is 4.74 Å². The average molecular weight is 260 g/mol. The molecule has 2 N–H and O–H groups in total. The summed E-state index contributed by atoms with van der Waals surface area (Å²) in [7, 11) is 1.84. The Balaban J connectivity index is 3.04. The van der Waals surface area contributed by atoms with E-state index in [1.165, 1.54) is 0 Å². The van der Waals surface area contributed by atoms with E-state index in [-0.39, 0.29) is 17.6 Å². The molecule has 1 aromatic heterocycles. The van der Waals surface area contributed by atoms with Crippen molar-refractivity contribution in [3.63, 3.8) is 0 Å². The highest BCUT2D eigenvalue weighted by Gasteiger charge is 2.34. The van der Waals surface area contributed by atoms with E-state index in [0.29, 0.717) is 11.6 Å². The predicted octanol–water partition coefficient (Wildman–Crippen LogP) is 2.52. The lowest BCUT2D eigenvalue weighted by Gasteiger charge is -2.35. The Labute approximate surface area is 108 Å². The lowest BCUT2D eigenvalue weighted by Crippen LogP contribution is -2.40. The molecular formula is C12H22ClN3O. The van der Waals surface area contributed by atoms with E-state index in [1.54, 1.807) is 10.9 Å². The molecule has 0 aromatic carbocycles. The van der Waals surface area contributed by atoms with Gasteiger partial charge in [-0.25, -0.2) is 0 Å². The van der Waals surface area contributed by atoms with Crippen molar-refractivity contribution in [2.75, 3.05) is 6.61 Å². The minimum Gasteiger partial charge on any atom is -0.376 e. The van der Waals surface area contributed by atoms with Crippen molar-refractivity contribution in [3.8, 4) is 0 Å². The second kappa shape index (κ2) is 5.38. The normalized spacial score (nSPS) is 15.9. The molecule has 1 aromatic rings. The number of aromatic nitrogens is 2. The Morgan fingerprint density at radius 1 is 1.53 bits per heavy atom.